The van der Waals surface area contributed by atoms with E-state index in [0.717, 1.165) is 5.56 Å². The number of benzene rings is 1. The Bertz CT molecular complexity index is 292. The van der Waals surface area contributed by atoms with E-state index in [0.29, 0.717) is 18.7 Å². The van der Waals surface area contributed by atoms with Crippen molar-refractivity contribution >= 4 is 5.71 Å². The van der Waals surface area contributed by atoms with Crippen molar-refractivity contribution < 1.29 is 4.39 Å². The van der Waals surface area contributed by atoms with Gasteiger partial charge in [-0.05, 0) is 18.9 Å². The molecule has 1 aromatic carbocycles. The molecule has 1 rings (SSSR count). The summed E-state index contributed by atoms with van der Waals surface area (Å²) in [5.41, 5.74) is 1.71. The van der Waals surface area contributed by atoms with Crippen LogP contribution in [-0.4, -0.2) is 11.9 Å². The van der Waals surface area contributed by atoms with E-state index in [1.807, 2.05) is 37.3 Å². The molecule has 2 heteroatoms. The van der Waals surface area contributed by atoms with Crippen molar-refractivity contribution in [3.63, 3.8) is 0 Å². The molecule has 0 saturated carbocycles. The molecule has 1 nitrogen and oxygen atoms in total. The van der Waals surface area contributed by atoms with E-state index in [2.05, 4.69) is 4.99 Å². The van der Waals surface area contributed by atoms with E-state index in [-0.39, 0.29) is 0 Å². The van der Waals surface area contributed by atoms with Gasteiger partial charge in [0.05, 0.1) is 6.54 Å². The van der Waals surface area contributed by atoms with E-state index in [4.69, 9.17) is 0 Å². The molecule has 0 bridgehead atoms. The van der Waals surface area contributed by atoms with Crippen LogP contribution in [0.4, 0.5) is 4.39 Å². The topological polar surface area (TPSA) is 12.4 Å². The van der Waals surface area contributed by atoms with Gasteiger partial charge in [0.15, 0.2) is 0 Å². The lowest BCUT2D eigenvalue weighted by Gasteiger charge is -2.04. The zero-order chi connectivity index (χ0) is 10.4. The van der Waals surface area contributed by atoms with Crippen LogP contribution in [0.25, 0.3) is 0 Å². The highest BCUT2D eigenvalue weighted by atomic mass is 19.1. The third kappa shape index (κ3) is 3.29. The van der Waals surface area contributed by atoms with Gasteiger partial charge in [0.25, 0.3) is 0 Å². The minimum atomic E-state index is -0.890. The van der Waals surface area contributed by atoms with Crippen molar-refractivity contribution in [2.75, 3.05) is 0 Å². The maximum atomic E-state index is 13.1. The largest absolute Gasteiger partial charge is 0.287 e. The highest BCUT2D eigenvalue weighted by Crippen LogP contribution is 2.04. The predicted octanol–water partition coefficient (Wildman–Crippen LogP) is 3.40. The fourth-order valence-corrected chi connectivity index (χ4v) is 1.19. The van der Waals surface area contributed by atoms with Gasteiger partial charge in [0, 0.05) is 5.71 Å². The zero-order valence-electron chi connectivity index (χ0n) is 8.70. The second kappa shape index (κ2) is 5.53. The summed E-state index contributed by atoms with van der Waals surface area (Å²) in [6.07, 6.45) is -0.386. The van der Waals surface area contributed by atoms with Gasteiger partial charge >= 0.3 is 0 Å². The molecule has 1 atom stereocenters. The van der Waals surface area contributed by atoms with Crippen LogP contribution in [0.2, 0.25) is 0 Å². The highest BCUT2D eigenvalue weighted by molar-refractivity contribution is 5.86. The summed E-state index contributed by atoms with van der Waals surface area (Å²) in [7, 11) is 0. The van der Waals surface area contributed by atoms with Crippen LogP contribution in [0.5, 0.6) is 0 Å². The molecular weight excluding hydrogens is 177 g/mol. The third-order valence-corrected chi connectivity index (χ3v) is 2.17. The van der Waals surface area contributed by atoms with Crippen molar-refractivity contribution in [1.29, 1.82) is 0 Å². The number of alkyl halides is 1. The Hall–Kier alpha value is -1.18. The van der Waals surface area contributed by atoms with Crippen molar-refractivity contribution in [1.82, 2.24) is 0 Å². The Morgan fingerprint density at radius 3 is 2.57 bits per heavy atom. The number of halogens is 1. The van der Waals surface area contributed by atoms with Gasteiger partial charge in [0.1, 0.15) is 6.17 Å². The Morgan fingerprint density at radius 2 is 2.00 bits per heavy atom. The van der Waals surface area contributed by atoms with Gasteiger partial charge < -0.3 is 0 Å². The van der Waals surface area contributed by atoms with Crippen LogP contribution in [0, 0.1) is 0 Å². The number of hydrogen-bond acceptors (Lipinski definition) is 1. The third-order valence-electron chi connectivity index (χ3n) is 2.17. The lowest BCUT2D eigenvalue weighted by Crippen LogP contribution is -2.10. The molecule has 0 N–H and O–H groups in total. The van der Waals surface area contributed by atoms with Gasteiger partial charge in [-0.15, -0.1) is 0 Å². The molecule has 0 aliphatic carbocycles. The number of hydrogen-bond donors (Lipinski definition) is 0. The maximum Gasteiger partial charge on any atom is 0.137 e. The molecule has 0 aliphatic rings. The van der Waals surface area contributed by atoms with Gasteiger partial charge in [-0.25, -0.2) is 4.39 Å². The lowest BCUT2D eigenvalue weighted by molar-refractivity contribution is 0.412. The van der Waals surface area contributed by atoms with Crippen molar-refractivity contribution in [3.8, 4) is 0 Å². The first-order chi connectivity index (χ1) is 6.74. The summed E-state index contributed by atoms with van der Waals surface area (Å²) < 4.78 is 13.1. The quantitative estimate of drug-likeness (QED) is 0.650. The molecule has 0 radical (unpaired) electrons. The molecule has 0 amide bonds. The first kappa shape index (κ1) is 10.9. The molecule has 0 aromatic heterocycles. The molecule has 0 aliphatic heterocycles. The van der Waals surface area contributed by atoms with Gasteiger partial charge in [-0.2, -0.15) is 0 Å². The smallest absolute Gasteiger partial charge is 0.137 e. The Morgan fingerprint density at radius 1 is 1.36 bits per heavy atom. The molecule has 0 fully saturated rings. The fraction of sp³-hybridized carbons (Fsp3) is 0.417. The summed E-state index contributed by atoms with van der Waals surface area (Å²) in [6.45, 7) is 4.15. The maximum absolute atomic E-state index is 13.1. The molecule has 1 unspecified atom stereocenters. The van der Waals surface area contributed by atoms with Crippen LogP contribution >= 0.6 is 0 Å². The normalized spacial score (nSPS) is 14.1. The highest BCUT2D eigenvalue weighted by Gasteiger charge is 2.05. The SMILES string of the molecule is CCC(F)C(C)=NCc1ccccc1. The second-order valence-corrected chi connectivity index (χ2v) is 3.32. The van der Waals surface area contributed by atoms with E-state index in [1.165, 1.54) is 0 Å². The number of nitrogens with zero attached hydrogens (tertiary/aromatic N) is 1. The van der Waals surface area contributed by atoms with Crippen LogP contribution in [0.1, 0.15) is 25.8 Å². The number of rotatable bonds is 4. The van der Waals surface area contributed by atoms with Crippen LogP contribution in [-0.2, 0) is 6.54 Å². The average Bonchev–Trinajstić information content (AvgIpc) is 2.26. The van der Waals surface area contributed by atoms with E-state index in [1.54, 1.807) is 6.92 Å². The molecule has 0 spiro atoms. The van der Waals surface area contributed by atoms with Crippen molar-refractivity contribution in [2.45, 2.75) is 33.0 Å². The molecule has 0 heterocycles. The van der Waals surface area contributed by atoms with Crippen molar-refractivity contribution in [2.24, 2.45) is 4.99 Å². The molecule has 14 heavy (non-hydrogen) atoms. The summed E-state index contributed by atoms with van der Waals surface area (Å²) >= 11 is 0. The molecule has 76 valence electrons. The summed E-state index contributed by atoms with van der Waals surface area (Å²) in [4.78, 5) is 4.21. The Balaban J connectivity index is 2.55. The summed E-state index contributed by atoms with van der Waals surface area (Å²) in [5, 5.41) is 0. The number of aliphatic imine (C=N–C) groups is 1. The molecule has 0 saturated heterocycles. The van der Waals surface area contributed by atoms with Crippen LogP contribution in [0.3, 0.4) is 0 Å². The Labute approximate surface area is 84.7 Å². The first-order valence-corrected chi connectivity index (χ1v) is 4.93. The van der Waals surface area contributed by atoms with E-state index < -0.39 is 6.17 Å². The van der Waals surface area contributed by atoms with Gasteiger partial charge in [0.2, 0.25) is 0 Å². The first-order valence-electron chi connectivity index (χ1n) is 4.93. The minimum absolute atomic E-state index is 0.504. The zero-order valence-corrected chi connectivity index (χ0v) is 8.70. The summed E-state index contributed by atoms with van der Waals surface area (Å²) in [6, 6.07) is 9.88. The summed E-state index contributed by atoms with van der Waals surface area (Å²) in [5.74, 6) is 0. The van der Waals surface area contributed by atoms with Crippen LogP contribution in [0.15, 0.2) is 35.3 Å². The van der Waals surface area contributed by atoms with Crippen molar-refractivity contribution in [3.05, 3.63) is 35.9 Å². The lowest BCUT2D eigenvalue weighted by atomic mass is 10.2. The monoisotopic (exact) mass is 193 g/mol. The standard InChI is InChI=1S/C12H16FN/c1-3-12(13)10(2)14-9-11-7-5-4-6-8-11/h4-8,12H,3,9H2,1-2H3. The second-order valence-electron chi connectivity index (χ2n) is 3.32. The molecule has 1 aromatic rings. The minimum Gasteiger partial charge on any atom is -0.287 e. The van der Waals surface area contributed by atoms with Gasteiger partial charge in [-0.3, -0.25) is 4.99 Å². The van der Waals surface area contributed by atoms with Gasteiger partial charge in [-0.1, -0.05) is 37.3 Å². The fourth-order valence-electron chi connectivity index (χ4n) is 1.19. The average molecular weight is 193 g/mol. The van der Waals surface area contributed by atoms with E-state index >= 15 is 0 Å². The predicted molar refractivity (Wildman–Crippen MR) is 58.4 cm³/mol. The van der Waals surface area contributed by atoms with E-state index in [9.17, 15) is 4.39 Å². The van der Waals surface area contributed by atoms with Crippen LogP contribution < -0.4 is 0 Å². The molecular formula is C12H16FN. The Kier molecular flexibility index (Phi) is 4.30.